The summed E-state index contributed by atoms with van der Waals surface area (Å²) in [6.07, 6.45) is 1.52. The Morgan fingerprint density at radius 1 is 1.00 bits per heavy atom. The quantitative estimate of drug-likeness (QED) is 0.376. The minimum absolute atomic E-state index is 0.0726. The molecule has 0 aromatic heterocycles. The number of carbonyl (C=O) groups excluding carboxylic acids is 1. The Balaban J connectivity index is 1.66. The van der Waals surface area contributed by atoms with Crippen LogP contribution in [0.15, 0.2) is 77.7 Å². The number of benzene rings is 3. The highest BCUT2D eigenvalue weighted by Crippen LogP contribution is 2.27. The van der Waals surface area contributed by atoms with Gasteiger partial charge in [0.1, 0.15) is 12.3 Å². The Morgan fingerprint density at radius 2 is 1.68 bits per heavy atom. The fourth-order valence-corrected chi connectivity index (χ4v) is 5.11. The minimum Gasteiger partial charge on any atom is -0.494 e. The lowest BCUT2D eigenvalue weighted by atomic mass is 10.1. The van der Waals surface area contributed by atoms with Crippen molar-refractivity contribution in [1.82, 2.24) is 5.32 Å². The highest BCUT2D eigenvalue weighted by atomic mass is 35.5. The summed E-state index contributed by atoms with van der Waals surface area (Å²) < 4.78 is 33.4. The molecule has 0 saturated heterocycles. The number of hydrogen-bond donors (Lipinski definition) is 1. The number of nitrogens with one attached hydrogen (secondary N) is 1. The van der Waals surface area contributed by atoms with E-state index in [0.717, 1.165) is 34.0 Å². The number of ether oxygens (including phenoxy) is 1. The van der Waals surface area contributed by atoms with Gasteiger partial charge in [-0.15, -0.1) is 0 Å². The zero-order chi connectivity index (χ0) is 24.6. The first-order chi connectivity index (χ1) is 16.3. The third kappa shape index (κ3) is 6.74. The summed E-state index contributed by atoms with van der Waals surface area (Å²) in [5.41, 5.74) is 2.36. The number of aryl methyl sites for hydroxylation is 2. The van der Waals surface area contributed by atoms with Crippen LogP contribution in [0.2, 0.25) is 5.02 Å². The fourth-order valence-electron chi connectivity index (χ4n) is 3.50. The van der Waals surface area contributed by atoms with Gasteiger partial charge in [0.2, 0.25) is 5.91 Å². The average molecular weight is 501 g/mol. The lowest BCUT2D eigenvalue weighted by Crippen LogP contribution is -2.41. The Labute approximate surface area is 206 Å². The lowest BCUT2D eigenvalue weighted by Gasteiger charge is -2.25. The number of amides is 1. The van der Waals surface area contributed by atoms with Crippen molar-refractivity contribution >= 4 is 33.2 Å². The molecule has 0 atom stereocenters. The molecule has 8 heteroatoms. The van der Waals surface area contributed by atoms with E-state index >= 15 is 0 Å². The minimum atomic E-state index is -3.97. The average Bonchev–Trinajstić information content (AvgIpc) is 2.82. The van der Waals surface area contributed by atoms with Gasteiger partial charge in [0.05, 0.1) is 17.2 Å². The maximum atomic E-state index is 13.4. The summed E-state index contributed by atoms with van der Waals surface area (Å²) in [6.45, 7) is 4.50. The number of carbonyl (C=O) groups is 1. The summed E-state index contributed by atoms with van der Waals surface area (Å²) in [7, 11) is -3.97. The van der Waals surface area contributed by atoms with Gasteiger partial charge in [-0.1, -0.05) is 41.9 Å². The van der Waals surface area contributed by atoms with Crippen molar-refractivity contribution in [3.63, 3.8) is 0 Å². The summed E-state index contributed by atoms with van der Waals surface area (Å²) in [6, 6.07) is 20.9. The van der Waals surface area contributed by atoms with Crippen LogP contribution in [0.25, 0.3) is 0 Å². The molecule has 0 saturated carbocycles. The predicted molar refractivity (Wildman–Crippen MR) is 136 cm³/mol. The summed E-state index contributed by atoms with van der Waals surface area (Å²) in [5.74, 6) is 0.463. The van der Waals surface area contributed by atoms with Crippen LogP contribution in [0.4, 0.5) is 5.69 Å². The number of hydrogen-bond acceptors (Lipinski definition) is 4. The molecule has 34 heavy (non-hydrogen) atoms. The van der Waals surface area contributed by atoms with E-state index in [0.29, 0.717) is 23.9 Å². The molecular formula is C26H29ClN2O4S. The fraction of sp³-hybridized carbons (Fsp3) is 0.269. The number of rotatable bonds is 11. The Hall–Kier alpha value is -3.03. The van der Waals surface area contributed by atoms with Gasteiger partial charge in [0.15, 0.2) is 0 Å². The third-order valence-electron chi connectivity index (χ3n) is 5.27. The Bertz CT molecular complexity index is 1200. The molecule has 0 aliphatic rings. The molecule has 3 aromatic rings. The second-order valence-corrected chi connectivity index (χ2v) is 10.1. The smallest absolute Gasteiger partial charge is 0.264 e. The number of para-hydroxylation sites is 1. The molecule has 3 rings (SSSR count). The molecule has 0 spiro atoms. The molecule has 0 aliphatic heterocycles. The van der Waals surface area contributed by atoms with Crippen LogP contribution >= 0.6 is 11.6 Å². The monoisotopic (exact) mass is 500 g/mol. The largest absolute Gasteiger partial charge is 0.494 e. The van der Waals surface area contributed by atoms with Gasteiger partial charge in [-0.2, -0.15) is 0 Å². The standard InChI is InChI=1S/C26H29ClN2O4S/c1-3-33-23-14-10-21(11-15-23)8-6-18-28-26(30)19-29(25-9-5-4-7-20(25)2)34(31,32)24-16-12-22(27)13-17-24/h4-5,7,9-17H,3,6,8,18-19H2,1-2H3,(H,28,30). The SMILES string of the molecule is CCOc1ccc(CCCNC(=O)CN(c2ccccc2C)S(=O)(=O)c2ccc(Cl)cc2)cc1. The van der Waals surface area contributed by atoms with Crippen molar-refractivity contribution < 1.29 is 17.9 Å². The van der Waals surface area contributed by atoms with Crippen LogP contribution in [0.3, 0.4) is 0 Å². The molecule has 0 fully saturated rings. The molecule has 0 heterocycles. The van der Waals surface area contributed by atoms with Crippen molar-refractivity contribution in [2.45, 2.75) is 31.6 Å². The molecule has 1 N–H and O–H groups in total. The second kappa shape index (κ2) is 11.9. The van der Waals surface area contributed by atoms with Crippen molar-refractivity contribution in [3.05, 3.63) is 88.9 Å². The second-order valence-electron chi connectivity index (χ2n) is 7.78. The maximum Gasteiger partial charge on any atom is 0.264 e. The van der Waals surface area contributed by atoms with E-state index in [1.807, 2.05) is 50.2 Å². The zero-order valence-electron chi connectivity index (χ0n) is 19.3. The van der Waals surface area contributed by atoms with Crippen LogP contribution in [-0.4, -0.2) is 34.0 Å². The van der Waals surface area contributed by atoms with Gasteiger partial charge < -0.3 is 10.1 Å². The van der Waals surface area contributed by atoms with Crippen LogP contribution in [-0.2, 0) is 21.2 Å². The number of halogens is 1. The number of anilines is 1. The van der Waals surface area contributed by atoms with Gasteiger partial charge in [0.25, 0.3) is 10.0 Å². The summed E-state index contributed by atoms with van der Waals surface area (Å²) >= 11 is 5.93. The lowest BCUT2D eigenvalue weighted by molar-refractivity contribution is -0.119. The van der Waals surface area contributed by atoms with Crippen molar-refractivity contribution in [1.29, 1.82) is 0 Å². The van der Waals surface area contributed by atoms with Gasteiger partial charge in [-0.05, 0) is 80.3 Å². The highest BCUT2D eigenvalue weighted by Gasteiger charge is 2.28. The highest BCUT2D eigenvalue weighted by molar-refractivity contribution is 7.92. The first kappa shape index (κ1) is 25.6. The molecule has 1 amide bonds. The molecule has 0 aliphatic carbocycles. The van der Waals surface area contributed by atoms with Crippen LogP contribution in [0, 0.1) is 6.92 Å². The van der Waals surface area contributed by atoms with E-state index in [4.69, 9.17) is 16.3 Å². The summed E-state index contributed by atoms with van der Waals surface area (Å²) in [4.78, 5) is 12.8. The number of sulfonamides is 1. The third-order valence-corrected chi connectivity index (χ3v) is 7.30. The molecule has 0 radical (unpaired) electrons. The zero-order valence-corrected chi connectivity index (χ0v) is 20.9. The molecule has 0 unspecified atom stereocenters. The van der Waals surface area contributed by atoms with Gasteiger partial charge >= 0.3 is 0 Å². The van der Waals surface area contributed by atoms with E-state index in [-0.39, 0.29) is 17.3 Å². The molecule has 6 nitrogen and oxygen atoms in total. The predicted octanol–water partition coefficient (Wildman–Crippen LogP) is 4.99. The van der Waals surface area contributed by atoms with E-state index in [9.17, 15) is 13.2 Å². The van der Waals surface area contributed by atoms with Crippen LogP contribution in [0.5, 0.6) is 5.75 Å². The van der Waals surface area contributed by atoms with Crippen molar-refractivity contribution in [2.24, 2.45) is 0 Å². The Kier molecular flexibility index (Phi) is 8.96. The van der Waals surface area contributed by atoms with Gasteiger partial charge in [-0.3, -0.25) is 9.10 Å². The molecular weight excluding hydrogens is 472 g/mol. The van der Waals surface area contributed by atoms with Gasteiger partial charge in [0, 0.05) is 11.6 Å². The van der Waals surface area contributed by atoms with Crippen molar-refractivity contribution in [3.8, 4) is 5.75 Å². The van der Waals surface area contributed by atoms with Gasteiger partial charge in [-0.25, -0.2) is 8.42 Å². The molecule has 0 bridgehead atoms. The van der Waals surface area contributed by atoms with E-state index < -0.39 is 10.0 Å². The van der Waals surface area contributed by atoms with E-state index in [1.54, 1.807) is 12.1 Å². The van der Waals surface area contributed by atoms with Crippen LogP contribution in [0.1, 0.15) is 24.5 Å². The molecule has 180 valence electrons. The Morgan fingerprint density at radius 3 is 2.32 bits per heavy atom. The first-order valence-corrected chi connectivity index (χ1v) is 13.0. The topological polar surface area (TPSA) is 75.7 Å². The van der Waals surface area contributed by atoms with Crippen LogP contribution < -0.4 is 14.4 Å². The molecule has 3 aromatic carbocycles. The maximum absolute atomic E-state index is 13.4. The van der Waals surface area contributed by atoms with E-state index in [1.165, 1.54) is 24.3 Å². The normalized spacial score (nSPS) is 11.1. The van der Waals surface area contributed by atoms with E-state index in [2.05, 4.69) is 5.32 Å². The van der Waals surface area contributed by atoms with Crippen molar-refractivity contribution in [2.75, 3.05) is 24.0 Å². The summed E-state index contributed by atoms with van der Waals surface area (Å²) in [5, 5.41) is 3.28. The first-order valence-electron chi connectivity index (χ1n) is 11.1. The number of nitrogens with zero attached hydrogens (tertiary/aromatic N) is 1.